The second-order valence-corrected chi connectivity index (χ2v) is 4.21. The molecule has 0 saturated carbocycles. The van der Waals surface area contributed by atoms with Gasteiger partial charge in [-0.2, -0.15) is 0 Å². The number of halogens is 1. The highest BCUT2D eigenvalue weighted by Gasteiger charge is 2.06. The molecule has 0 unspecified atom stereocenters. The summed E-state index contributed by atoms with van der Waals surface area (Å²) in [6, 6.07) is 6.20. The third kappa shape index (κ3) is 5.09. The summed E-state index contributed by atoms with van der Waals surface area (Å²) in [6.07, 6.45) is 0.997. The van der Waals surface area contributed by atoms with Gasteiger partial charge in [-0.3, -0.25) is 4.79 Å². The lowest BCUT2D eigenvalue weighted by Crippen LogP contribution is -2.11. The lowest BCUT2D eigenvalue weighted by molar-refractivity contribution is -0.136. The van der Waals surface area contributed by atoms with Crippen LogP contribution in [0, 0.1) is 0 Å². The van der Waals surface area contributed by atoms with Crippen molar-refractivity contribution in [1.29, 1.82) is 0 Å². The average Bonchev–Trinajstić information content (AvgIpc) is 2.18. The van der Waals surface area contributed by atoms with Crippen molar-refractivity contribution >= 4 is 24.1 Å². The van der Waals surface area contributed by atoms with Gasteiger partial charge in [0.1, 0.15) is 0 Å². The number of benzene rings is 1. The van der Waals surface area contributed by atoms with Gasteiger partial charge in [0.15, 0.2) is 0 Å². The molecular weight excluding hydrogens is 238 g/mol. The highest BCUT2D eigenvalue weighted by molar-refractivity contribution is 5.85. The van der Waals surface area contributed by atoms with Crippen molar-refractivity contribution in [2.45, 2.75) is 39.7 Å². The van der Waals surface area contributed by atoms with E-state index >= 15 is 0 Å². The first-order valence-corrected chi connectivity index (χ1v) is 5.63. The molecule has 1 aromatic rings. The molecule has 0 radical (unpaired) electrons. The van der Waals surface area contributed by atoms with Crippen LogP contribution in [0.1, 0.15) is 31.9 Å². The Bertz CT molecular complexity index is 378. The molecule has 0 spiro atoms. The molecule has 96 valence electrons. The zero-order valence-corrected chi connectivity index (χ0v) is 11.3. The molecule has 0 saturated heterocycles. The van der Waals surface area contributed by atoms with Crippen LogP contribution in [0.15, 0.2) is 18.2 Å². The summed E-state index contributed by atoms with van der Waals surface area (Å²) < 4.78 is 0. The summed E-state index contributed by atoms with van der Waals surface area (Å²) in [5.74, 6) is -0.786. The molecule has 17 heavy (non-hydrogen) atoms. The predicted octanol–water partition coefficient (Wildman–Crippen LogP) is 3.12. The minimum absolute atomic E-state index is 0. The number of carboxylic acid groups (broad SMARTS) is 1. The van der Waals surface area contributed by atoms with Gasteiger partial charge in [0.2, 0.25) is 0 Å². The van der Waals surface area contributed by atoms with Gasteiger partial charge in [-0.25, -0.2) is 0 Å². The van der Waals surface area contributed by atoms with E-state index in [0.717, 1.165) is 17.7 Å². The Labute approximate surface area is 109 Å². The van der Waals surface area contributed by atoms with Crippen molar-refractivity contribution < 1.29 is 9.90 Å². The number of hydrogen-bond acceptors (Lipinski definition) is 2. The van der Waals surface area contributed by atoms with Crippen LogP contribution in [0.3, 0.4) is 0 Å². The number of carboxylic acids is 1. The Hall–Kier alpha value is -1.22. The molecule has 1 aromatic carbocycles. The fraction of sp³-hybridized carbons (Fsp3) is 0.462. The van der Waals surface area contributed by atoms with Gasteiger partial charge in [0.05, 0.1) is 6.42 Å². The second-order valence-electron chi connectivity index (χ2n) is 4.21. The smallest absolute Gasteiger partial charge is 0.307 e. The van der Waals surface area contributed by atoms with Crippen LogP contribution in [0.25, 0.3) is 0 Å². The van der Waals surface area contributed by atoms with Crippen LogP contribution in [0.4, 0.5) is 5.69 Å². The lowest BCUT2D eigenvalue weighted by atomic mass is 10.0. The Kier molecular flexibility index (Phi) is 6.66. The third-order valence-corrected chi connectivity index (χ3v) is 2.35. The van der Waals surface area contributed by atoms with E-state index in [1.165, 1.54) is 5.56 Å². The summed E-state index contributed by atoms with van der Waals surface area (Å²) in [7, 11) is 0. The van der Waals surface area contributed by atoms with E-state index in [4.69, 9.17) is 5.11 Å². The molecule has 0 aliphatic heterocycles. The fourth-order valence-corrected chi connectivity index (χ4v) is 1.68. The van der Waals surface area contributed by atoms with Crippen LogP contribution in [0.5, 0.6) is 0 Å². The van der Waals surface area contributed by atoms with Crippen LogP contribution < -0.4 is 5.32 Å². The van der Waals surface area contributed by atoms with Gasteiger partial charge in [-0.15, -0.1) is 12.4 Å². The summed E-state index contributed by atoms with van der Waals surface area (Å²) >= 11 is 0. The standard InChI is InChI=1S/C13H19NO2.ClH/c1-4-11-7-10(8-13(15)16)5-6-12(11)14-9(2)3;/h5-7,9,14H,4,8H2,1-3H3,(H,15,16);1H. The van der Waals surface area contributed by atoms with E-state index in [-0.39, 0.29) is 18.8 Å². The van der Waals surface area contributed by atoms with Crippen molar-refractivity contribution in [3.8, 4) is 0 Å². The van der Waals surface area contributed by atoms with Crippen molar-refractivity contribution in [2.75, 3.05) is 5.32 Å². The first-order chi connectivity index (χ1) is 7.52. The van der Waals surface area contributed by atoms with Gasteiger partial charge in [-0.1, -0.05) is 19.1 Å². The van der Waals surface area contributed by atoms with E-state index in [0.29, 0.717) is 6.04 Å². The Morgan fingerprint density at radius 3 is 2.53 bits per heavy atom. The summed E-state index contributed by atoms with van der Waals surface area (Å²) in [5, 5.41) is 12.1. The van der Waals surface area contributed by atoms with E-state index in [1.807, 2.05) is 18.2 Å². The van der Waals surface area contributed by atoms with Crippen LogP contribution in [-0.4, -0.2) is 17.1 Å². The molecule has 0 amide bonds. The number of rotatable bonds is 5. The van der Waals surface area contributed by atoms with Crippen LogP contribution in [0.2, 0.25) is 0 Å². The SMILES string of the molecule is CCc1cc(CC(=O)O)ccc1NC(C)C.Cl. The van der Waals surface area contributed by atoms with E-state index in [1.54, 1.807) is 0 Å². The largest absolute Gasteiger partial charge is 0.481 e. The average molecular weight is 258 g/mol. The number of carbonyl (C=O) groups is 1. The Balaban J connectivity index is 0.00000256. The third-order valence-electron chi connectivity index (χ3n) is 2.35. The number of anilines is 1. The molecule has 0 aliphatic carbocycles. The highest BCUT2D eigenvalue weighted by atomic mass is 35.5. The molecule has 2 N–H and O–H groups in total. The molecule has 1 rings (SSSR count). The van der Waals surface area contributed by atoms with Gasteiger partial charge >= 0.3 is 5.97 Å². The lowest BCUT2D eigenvalue weighted by Gasteiger charge is -2.15. The quantitative estimate of drug-likeness (QED) is 0.852. The van der Waals surface area contributed by atoms with E-state index in [2.05, 4.69) is 26.1 Å². The maximum atomic E-state index is 10.6. The minimum Gasteiger partial charge on any atom is -0.481 e. The summed E-state index contributed by atoms with van der Waals surface area (Å²) in [6.45, 7) is 6.25. The number of aryl methyl sites for hydroxylation is 1. The van der Waals surface area contributed by atoms with Crippen molar-refractivity contribution in [2.24, 2.45) is 0 Å². The molecule has 0 heterocycles. The van der Waals surface area contributed by atoms with E-state index in [9.17, 15) is 4.79 Å². The second kappa shape index (κ2) is 7.17. The van der Waals surface area contributed by atoms with Crippen molar-refractivity contribution in [3.05, 3.63) is 29.3 Å². The van der Waals surface area contributed by atoms with Crippen molar-refractivity contribution in [3.63, 3.8) is 0 Å². The highest BCUT2D eigenvalue weighted by Crippen LogP contribution is 2.19. The maximum Gasteiger partial charge on any atom is 0.307 e. The Morgan fingerprint density at radius 1 is 1.41 bits per heavy atom. The maximum absolute atomic E-state index is 10.6. The number of nitrogens with one attached hydrogen (secondary N) is 1. The van der Waals surface area contributed by atoms with Gasteiger partial charge < -0.3 is 10.4 Å². The monoisotopic (exact) mass is 257 g/mol. The summed E-state index contributed by atoms with van der Waals surface area (Å²) in [5.41, 5.74) is 3.14. The molecule has 0 atom stereocenters. The molecule has 0 fully saturated rings. The van der Waals surface area contributed by atoms with Crippen LogP contribution in [-0.2, 0) is 17.6 Å². The van der Waals surface area contributed by atoms with Gasteiger partial charge in [0, 0.05) is 11.7 Å². The number of aliphatic carboxylic acids is 1. The van der Waals surface area contributed by atoms with Crippen LogP contribution >= 0.6 is 12.4 Å². The molecule has 0 bridgehead atoms. The summed E-state index contributed by atoms with van der Waals surface area (Å²) in [4.78, 5) is 10.6. The molecule has 4 heteroatoms. The Morgan fingerprint density at radius 2 is 2.06 bits per heavy atom. The van der Waals surface area contributed by atoms with Crippen molar-refractivity contribution in [1.82, 2.24) is 0 Å². The normalized spacial score (nSPS) is 9.88. The number of hydrogen-bond donors (Lipinski definition) is 2. The van der Waals surface area contributed by atoms with Gasteiger partial charge in [-0.05, 0) is 37.5 Å². The molecular formula is C13H20ClNO2. The fourth-order valence-electron chi connectivity index (χ4n) is 1.68. The predicted molar refractivity (Wildman–Crippen MR) is 73.2 cm³/mol. The zero-order chi connectivity index (χ0) is 12.1. The minimum atomic E-state index is -0.786. The molecule has 0 aromatic heterocycles. The zero-order valence-electron chi connectivity index (χ0n) is 10.5. The molecule has 0 aliphatic rings. The first kappa shape index (κ1) is 15.8. The van der Waals surface area contributed by atoms with E-state index < -0.39 is 5.97 Å². The van der Waals surface area contributed by atoms with Gasteiger partial charge in [0.25, 0.3) is 0 Å². The topological polar surface area (TPSA) is 49.3 Å². The first-order valence-electron chi connectivity index (χ1n) is 5.63. The molecule has 3 nitrogen and oxygen atoms in total.